The SMILES string of the molecule is C=CCC[C@H](N=[N+]=[N-])C(=O)N1C(=O)OC[C@@H]1Cc1ccccc1. The van der Waals surface area contributed by atoms with Gasteiger partial charge in [0, 0.05) is 4.91 Å². The second kappa shape index (κ2) is 8.00. The Morgan fingerprint density at radius 2 is 2.26 bits per heavy atom. The summed E-state index contributed by atoms with van der Waals surface area (Å²) in [4.78, 5) is 28.3. The van der Waals surface area contributed by atoms with E-state index >= 15 is 0 Å². The van der Waals surface area contributed by atoms with Crippen LogP contribution in [0.25, 0.3) is 10.4 Å². The maximum Gasteiger partial charge on any atom is 0.416 e. The number of amides is 2. The molecule has 1 aliphatic heterocycles. The summed E-state index contributed by atoms with van der Waals surface area (Å²) in [6.45, 7) is 3.73. The highest BCUT2D eigenvalue weighted by molar-refractivity contribution is 5.96. The zero-order valence-electron chi connectivity index (χ0n) is 12.7. The highest BCUT2D eigenvalue weighted by Crippen LogP contribution is 2.20. The molecule has 1 saturated heterocycles. The van der Waals surface area contributed by atoms with E-state index in [1.54, 1.807) is 6.08 Å². The summed E-state index contributed by atoms with van der Waals surface area (Å²) in [5.74, 6) is -0.520. The first-order chi connectivity index (χ1) is 11.2. The zero-order valence-corrected chi connectivity index (χ0v) is 12.7. The van der Waals surface area contributed by atoms with E-state index in [9.17, 15) is 9.59 Å². The van der Waals surface area contributed by atoms with E-state index in [1.165, 1.54) is 0 Å². The van der Waals surface area contributed by atoms with Gasteiger partial charge in [-0.15, -0.1) is 6.58 Å². The van der Waals surface area contributed by atoms with Gasteiger partial charge in [0.25, 0.3) is 0 Å². The van der Waals surface area contributed by atoms with Gasteiger partial charge < -0.3 is 4.74 Å². The first kappa shape index (κ1) is 16.6. The van der Waals surface area contributed by atoms with Crippen LogP contribution in [-0.4, -0.2) is 35.6 Å². The second-order valence-corrected chi connectivity index (χ2v) is 5.22. The van der Waals surface area contributed by atoms with Gasteiger partial charge in [0.15, 0.2) is 0 Å². The van der Waals surface area contributed by atoms with Gasteiger partial charge in [0.05, 0.1) is 6.04 Å². The molecule has 2 amide bonds. The van der Waals surface area contributed by atoms with E-state index in [4.69, 9.17) is 10.3 Å². The average Bonchev–Trinajstić information content (AvgIpc) is 2.92. The Bertz CT molecular complexity index is 625. The molecule has 2 atom stereocenters. The predicted octanol–water partition coefficient (Wildman–Crippen LogP) is 3.22. The first-order valence-corrected chi connectivity index (χ1v) is 7.36. The van der Waals surface area contributed by atoms with Gasteiger partial charge in [0.2, 0.25) is 5.91 Å². The fourth-order valence-corrected chi connectivity index (χ4v) is 2.50. The average molecular weight is 314 g/mol. The molecule has 0 saturated carbocycles. The van der Waals surface area contributed by atoms with Crippen molar-refractivity contribution < 1.29 is 14.3 Å². The number of imide groups is 1. The van der Waals surface area contributed by atoms with Crippen LogP contribution in [0.3, 0.4) is 0 Å². The topological polar surface area (TPSA) is 95.4 Å². The number of cyclic esters (lactones) is 1. The summed E-state index contributed by atoms with van der Waals surface area (Å²) in [7, 11) is 0. The van der Waals surface area contributed by atoms with Crippen molar-refractivity contribution in [2.45, 2.75) is 31.3 Å². The smallest absolute Gasteiger partial charge is 0.416 e. The minimum atomic E-state index is -0.929. The Morgan fingerprint density at radius 3 is 2.91 bits per heavy atom. The molecule has 7 nitrogen and oxygen atoms in total. The summed E-state index contributed by atoms with van der Waals surface area (Å²) in [5, 5.41) is 3.52. The lowest BCUT2D eigenvalue weighted by atomic mass is 10.0. The predicted molar refractivity (Wildman–Crippen MR) is 84.5 cm³/mol. The van der Waals surface area contributed by atoms with E-state index in [-0.39, 0.29) is 6.61 Å². The molecule has 1 aromatic rings. The molecule has 23 heavy (non-hydrogen) atoms. The Labute approximate surface area is 134 Å². The van der Waals surface area contributed by atoms with Crippen molar-refractivity contribution in [1.82, 2.24) is 4.90 Å². The van der Waals surface area contributed by atoms with Crippen molar-refractivity contribution >= 4 is 12.0 Å². The third-order valence-electron chi connectivity index (χ3n) is 3.63. The molecule has 1 fully saturated rings. The van der Waals surface area contributed by atoms with Crippen molar-refractivity contribution in [3.63, 3.8) is 0 Å². The second-order valence-electron chi connectivity index (χ2n) is 5.22. The number of azide groups is 1. The Hall–Kier alpha value is -2.79. The molecule has 0 bridgehead atoms. The molecule has 1 heterocycles. The summed E-state index contributed by atoms with van der Waals surface area (Å²) >= 11 is 0. The zero-order chi connectivity index (χ0) is 16.7. The van der Waals surface area contributed by atoms with E-state index < -0.39 is 24.1 Å². The number of carbonyl (C=O) groups excluding carboxylic acids is 2. The maximum absolute atomic E-state index is 12.6. The molecule has 1 aromatic carbocycles. The van der Waals surface area contributed by atoms with E-state index in [2.05, 4.69) is 16.6 Å². The van der Waals surface area contributed by atoms with Gasteiger partial charge in [-0.3, -0.25) is 4.79 Å². The van der Waals surface area contributed by atoms with E-state index in [0.717, 1.165) is 10.5 Å². The third-order valence-corrected chi connectivity index (χ3v) is 3.63. The number of hydrogen-bond donors (Lipinski definition) is 0. The highest BCUT2D eigenvalue weighted by Gasteiger charge is 2.40. The number of carbonyl (C=O) groups is 2. The van der Waals surface area contributed by atoms with Crippen LogP contribution in [0.4, 0.5) is 4.79 Å². The molecule has 0 N–H and O–H groups in total. The van der Waals surface area contributed by atoms with E-state index in [0.29, 0.717) is 19.3 Å². The van der Waals surface area contributed by atoms with Crippen LogP contribution < -0.4 is 0 Å². The Morgan fingerprint density at radius 1 is 1.52 bits per heavy atom. The fraction of sp³-hybridized carbons (Fsp3) is 0.375. The summed E-state index contributed by atoms with van der Waals surface area (Å²) in [6.07, 6.45) is 2.28. The van der Waals surface area contributed by atoms with Crippen LogP contribution in [-0.2, 0) is 16.0 Å². The van der Waals surface area contributed by atoms with Crippen LogP contribution in [0, 0.1) is 0 Å². The van der Waals surface area contributed by atoms with E-state index in [1.807, 2.05) is 30.3 Å². The molecule has 1 aliphatic rings. The monoisotopic (exact) mass is 314 g/mol. The minimum Gasteiger partial charge on any atom is -0.447 e. The summed E-state index contributed by atoms with van der Waals surface area (Å²) < 4.78 is 5.02. The molecule has 0 unspecified atom stereocenters. The first-order valence-electron chi connectivity index (χ1n) is 7.36. The van der Waals surface area contributed by atoms with Crippen LogP contribution >= 0.6 is 0 Å². The molecule has 120 valence electrons. The number of rotatable bonds is 7. The standard InChI is InChI=1S/C16H18N4O3/c1-2-3-9-14(18-19-17)15(21)20-13(11-23-16(20)22)10-12-7-5-4-6-8-12/h2,4-8,13-14H,1,3,9-11H2/t13-,14-/m0/s1. The Balaban J connectivity index is 2.15. The molecular weight excluding hydrogens is 296 g/mol. The summed E-state index contributed by atoms with van der Waals surface area (Å²) in [6, 6.07) is 8.22. The lowest BCUT2D eigenvalue weighted by Crippen LogP contribution is -2.45. The highest BCUT2D eigenvalue weighted by atomic mass is 16.6. The number of hydrogen-bond acceptors (Lipinski definition) is 4. The van der Waals surface area contributed by atoms with Crippen molar-refractivity contribution in [1.29, 1.82) is 0 Å². The van der Waals surface area contributed by atoms with Crippen molar-refractivity contribution in [3.05, 3.63) is 59.0 Å². The van der Waals surface area contributed by atoms with Crippen molar-refractivity contribution in [3.8, 4) is 0 Å². The molecule has 0 aromatic heterocycles. The third kappa shape index (κ3) is 4.11. The number of nitrogens with zero attached hydrogens (tertiary/aromatic N) is 4. The molecule has 7 heteroatoms. The number of ether oxygens (including phenoxy) is 1. The van der Waals surface area contributed by atoms with Gasteiger partial charge in [0.1, 0.15) is 12.6 Å². The van der Waals surface area contributed by atoms with Crippen LogP contribution in [0.2, 0.25) is 0 Å². The van der Waals surface area contributed by atoms with Gasteiger partial charge in [-0.1, -0.05) is 41.5 Å². The summed E-state index contributed by atoms with van der Waals surface area (Å²) in [5.41, 5.74) is 9.64. The molecule has 2 rings (SSSR count). The van der Waals surface area contributed by atoms with Crippen LogP contribution in [0.5, 0.6) is 0 Å². The molecular formula is C16H18N4O3. The number of allylic oxidation sites excluding steroid dienone is 1. The lowest BCUT2D eigenvalue weighted by Gasteiger charge is -2.22. The quantitative estimate of drug-likeness (QED) is 0.334. The lowest BCUT2D eigenvalue weighted by molar-refractivity contribution is -0.130. The fourth-order valence-electron chi connectivity index (χ4n) is 2.50. The van der Waals surface area contributed by atoms with Crippen LogP contribution in [0.1, 0.15) is 18.4 Å². The number of benzene rings is 1. The molecule has 0 radical (unpaired) electrons. The van der Waals surface area contributed by atoms with Crippen LogP contribution in [0.15, 0.2) is 48.1 Å². The van der Waals surface area contributed by atoms with Gasteiger partial charge in [-0.2, -0.15) is 0 Å². The molecule has 0 aliphatic carbocycles. The van der Waals surface area contributed by atoms with Gasteiger partial charge in [-0.05, 0) is 30.4 Å². The van der Waals surface area contributed by atoms with Crippen molar-refractivity contribution in [2.24, 2.45) is 5.11 Å². The van der Waals surface area contributed by atoms with Gasteiger partial charge >= 0.3 is 6.09 Å². The normalized spacial score (nSPS) is 18.0. The van der Waals surface area contributed by atoms with Gasteiger partial charge in [-0.25, -0.2) is 9.69 Å². The Kier molecular flexibility index (Phi) is 5.77. The largest absolute Gasteiger partial charge is 0.447 e. The minimum absolute atomic E-state index is 0.143. The maximum atomic E-state index is 12.6. The molecule has 0 spiro atoms. The van der Waals surface area contributed by atoms with Crippen molar-refractivity contribution in [2.75, 3.05) is 6.61 Å².